The summed E-state index contributed by atoms with van der Waals surface area (Å²) in [5.74, 6) is -0.343. The van der Waals surface area contributed by atoms with Crippen LogP contribution >= 0.6 is 0 Å². The SMILES string of the molecule is C/C(=N\NC(=O)c1cc(-c2ccc(C)cc2C)nc2ccccc12)c1ccc(NS(C)(=O)=O)cc1. The van der Waals surface area contributed by atoms with Gasteiger partial charge in [-0.05, 0) is 56.2 Å². The van der Waals surface area contributed by atoms with Gasteiger partial charge in [-0.1, -0.05) is 54.1 Å². The molecule has 0 unspecified atom stereocenters. The molecule has 8 heteroatoms. The number of nitrogens with one attached hydrogen (secondary N) is 2. The second kappa shape index (κ2) is 9.68. The van der Waals surface area contributed by atoms with Gasteiger partial charge in [-0.2, -0.15) is 5.10 Å². The van der Waals surface area contributed by atoms with E-state index in [1.165, 1.54) is 0 Å². The van der Waals surface area contributed by atoms with Crippen LogP contribution in [-0.4, -0.2) is 31.3 Å². The highest BCUT2D eigenvalue weighted by Gasteiger charge is 2.15. The van der Waals surface area contributed by atoms with Crippen LogP contribution in [0.4, 0.5) is 5.69 Å². The van der Waals surface area contributed by atoms with E-state index >= 15 is 0 Å². The van der Waals surface area contributed by atoms with Gasteiger partial charge in [0.2, 0.25) is 10.0 Å². The van der Waals surface area contributed by atoms with Crippen LogP contribution in [0, 0.1) is 13.8 Å². The summed E-state index contributed by atoms with van der Waals surface area (Å²) in [5, 5.41) is 5.01. The average molecular weight is 487 g/mol. The van der Waals surface area contributed by atoms with Gasteiger partial charge in [-0.3, -0.25) is 9.52 Å². The Hall–Kier alpha value is -4.04. The second-order valence-electron chi connectivity index (χ2n) is 8.48. The molecule has 0 aliphatic heterocycles. The zero-order valence-electron chi connectivity index (χ0n) is 20.0. The number of fused-ring (bicyclic) bond motifs is 1. The third-order valence-corrected chi connectivity index (χ3v) is 6.16. The number of aryl methyl sites for hydroxylation is 2. The summed E-state index contributed by atoms with van der Waals surface area (Å²) in [6.07, 6.45) is 1.09. The Morgan fingerprint density at radius 3 is 2.34 bits per heavy atom. The number of aromatic nitrogens is 1. The van der Waals surface area contributed by atoms with Crippen molar-refractivity contribution >= 4 is 38.2 Å². The predicted molar refractivity (Wildman–Crippen MR) is 141 cm³/mol. The molecule has 4 rings (SSSR count). The third kappa shape index (κ3) is 5.73. The first-order valence-corrected chi connectivity index (χ1v) is 12.9. The highest BCUT2D eigenvalue weighted by atomic mass is 32.2. The van der Waals surface area contributed by atoms with Crippen LogP contribution in [0.2, 0.25) is 0 Å². The van der Waals surface area contributed by atoms with E-state index in [2.05, 4.69) is 21.3 Å². The van der Waals surface area contributed by atoms with Crippen LogP contribution in [0.25, 0.3) is 22.2 Å². The van der Waals surface area contributed by atoms with Crippen LogP contribution in [0.15, 0.2) is 77.9 Å². The summed E-state index contributed by atoms with van der Waals surface area (Å²) in [4.78, 5) is 18.0. The van der Waals surface area contributed by atoms with E-state index in [1.54, 1.807) is 37.3 Å². The molecule has 0 fully saturated rings. The van der Waals surface area contributed by atoms with E-state index in [0.29, 0.717) is 17.0 Å². The number of pyridine rings is 1. The van der Waals surface area contributed by atoms with E-state index < -0.39 is 10.0 Å². The van der Waals surface area contributed by atoms with Crippen molar-refractivity contribution in [1.29, 1.82) is 0 Å². The molecule has 35 heavy (non-hydrogen) atoms. The number of hydrazone groups is 1. The van der Waals surface area contributed by atoms with E-state index in [9.17, 15) is 13.2 Å². The first-order valence-electron chi connectivity index (χ1n) is 11.0. The zero-order valence-corrected chi connectivity index (χ0v) is 20.8. The maximum Gasteiger partial charge on any atom is 0.272 e. The van der Waals surface area contributed by atoms with E-state index in [1.807, 2.05) is 50.2 Å². The molecule has 0 aliphatic rings. The van der Waals surface area contributed by atoms with Gasteiger partial charge >= 0.3 is 0 Å². The fraction of sp³-hybridized carbons (Fsp3) is 0.148. The number of hydrogen-bond donors (Lipinski definition) is 2. The van der Waals surface area contributed by atoms with Crippen LogP contribution < -0.4 is 10.1 Å². The van der Waals surface area contributed by atoms with E-state index in [0.717, 1.165) is 45.1 Å². The Morgan fingerprint density at radius 2 is 1.66 bits per heavy atom. The number of sulfonamides is 1. The predicted octanol–water partition coefficient (Wildman–Crippen LogP) is 5.04. The van der Waals surface area contributed by atoms with Crippen molar-refractivity contribution in [3.05, 3.63) is 95.1 Å². The topological polar surface area (TPSA) is 101 Å². The summed E-state index contributed by atoms with van der Waals surface area (Å²) >= 11 is 0. The number of nitrogens with zero attached hydrogens (tertiary/aromatic N) is 2. The Bertz CT molecular complexity index is 1560. The van der Waals surface area contributed by atoms with Crippen molar-refractivity contribution in [2.45, 2.75) is 20.8 Å². The van der Waals surface area contributed by atoms with Crippen molar-refractivity contribution in [3.63, 3.8) is 0 Å². The molecule has 3 aromatic carbocycles. The monoisotopic (exact) mass is 486 g/mol. The molecule has 0 atom stereocenters. The summed E-state index contributed by atoms with van der Waals surface area (Å²) in [5.41, 5.74) is 9.59. The Kier molecular flexibility index (Phi) is 6.66. The minimum atomic E-state index is -3.35. The lowest BCUT2D eigenvalue weighted by molar-refractivity contribution is 0.0956. The largest absolute Gasteiger partial charge is 0.284 e. The summed E-state index contributed by atoms with van der Waals surface area (Å²) in [7, 11) is -3.35. The van der Waals surface area contributed by atoms with Crippen molar-refractivity contribution < 1.29 is 13.2 Å². The quantitative estimate of drug-likeness (QED) is 0.294. The van der Waals surface area contributed by atoms with Crippen LogP contribution in [0.1, 0.15) is 34.0 Å². The number of amides is 1. The highest BCUT2D eigenvalue weighted by Crippen LogP contribution is 2.27. The number of benzene rings is 3. The molecule has 7 nitrogen and oxygen atoms in total. The lowest BCUT2D eigenvalue weighted by Gasteiger charge is -2.11. The minimum Gasteiger partial charge on any atom is -0.284 e. The number of anilines is 1. The zero-order chi connectivity index (χ0) is 25.2. The molecule has 0 radical (unpaired) electrons. The van der Waals surface area contributed by atoms with Crippen molar-refractivity contribution in [2.75, 3.05) is 11.0 Å². The van der Waals surface area contributed by atoms with Gasteiger partial charge in [0.15, 0.2) is 0 Å². The number of carbonyl (C=O) groups excluding carboxylic acids is 1. The van der Waals surface area contributed by atoms with Gasteiger partial charge in [0, 0.05) is 16.6 Å². The fourth-order valence-corrected chi connectivity index (χ4v) is 4.42. The van der Waals surface area contributed by atoms with Crippen LogP contribution in [-0.2, 0) is 10.0 Å². The molecular formula is C27H26N4O3S. The lowest BCUT2D eigenvalue weighted by atomic mass is 9.99. The van der Waals surface area contributed by atoms with Gasteiger partial charge in [-0.15, -0.1) is 0 Å². The second-order valence-corrected chi connectivity index (χ2v) is 10.2. The van der Waals surface area contributed by atoms with Crippen molar-refractivity contribution in [1.82, 2.24) is 10.4 Å². The smallest absolute Gasteiger partial charge is 0.272 e. The van der Waals surface area contributed by atoms with Crippen LogP contribution in [0.5, 0.6) is 0 Å². The van der Waals surface area contributed by atoms with Gasteiger partial charge in [0.05, 0.1) is 28.7 Å². The minimum absolute atomic E-state index is 0.343. The van der Waals surface area contributed by atoms with E-state index in [4.69, 9.17) is 4.98 Å². The normalized spacial score (nSPS) is 11.9. The van der Waals surface area contributed by atoms with Gasteiger partial charge in [0.1, 0.15) is 0 Å². The van der Waals surface area contributed by atoms with Crippen LogP contribution in [0.3, 0.4) is 0 Å². The Morgan fingerprint density at radius 1 is 0.943 bits per heavy atom. The third-order valence-electron chi connectivity index (χ3n) is 5.55. The highest BCUT2D eigenvalue weighted by molar-refractivity contribution is 7.92. The maximum absolute atomic E-state index is 13.2. The molecule has 0 saturated heterocycles. The first-order chi connectivity index (χ1) is 16.6. The Labute approximate surface area is 205 Å². The van der Waals surface area contributed by atoms with Gasteiger partial charge < -0.3 is 0 Å². The number of carbonyl (C=O) groups is 1. The van der Waals surface area contributed by atoms with Gasteiger partial charge in [-0.25, -0.2) is 18.8 Å². The molecule has 0 aliphatic carbocycles. The summed E-state index contributed by atoms with van der Waals surface area (Å²) in [6.45, 7) is 5.84. The molecule has 0 bridgehead atoms. The van der Waals surface area contributed by atoms with Crippen molar-refractivity contribution in [3.8, 4) is 11.3 Å². The maximum atomic E-state index is 13.2. The first kappa shape index (κ1) is 24.1. The summed E-state index contributed by atoms with van der Waals surface area (Å²) in [6, 6.07) is 22.2. The molecular weight excluding hydrogens is 460 g/mol. The molecule has 1 heterocycles. The number of hydrogen-bond acceptors (Lipinski definition) is 5. The standard InChI is InChI=1S/C27H26N4O3S/c1-17-9-14-22(18(2)15-17)26-16-24(23-7-5-6-8-25(23)28-26)27(32)30-29-19(3)20-10-12-21(13-11-20)31-35(4,33)34/h5-16,31H,1-4H3,(H,30,32)/b29-19+. The molecule has 0 saturated carbocycles. The number of rotatable bonds is 6. The Balaban J connectivity index is 1.63. The molecule has 0 spiro atoms. The number of para-hydroxylation sites is 1. The molecule has 1 aromatic heterocycles. The fourth-order valence-electron chi connectivity index (χ4n) is 3.86. The average Bonchev–Trinajstić information content (AvgIpc) is 2.81. The molecule has 2 N–H and O–H groups in total. The molecule has 1 amide bonds. The molecule has 4 aromatic rings. The lowest BCUT2D eigenvalue weighted by Crippen LogP contribution is -2.20. The molecule has 178 valence electrons. The summed E-state index contributed by atoms with van der Waals surface area (Å²) < 4.78 is 25.2. The van der Waals surface area contributed by atoms with E-state index in [-0.39, 0.29) is 5.91 Å². The van der Waals surface area contributed by atoms with Crippen molar-refractivity contribution in [2.24, 2.45) is 5.10 Å². The van der Waals surface area contributed by atoms with Gasteiger partial charge in [0.25, 0.3) is 5.91 Å².